The van der Waals surface area contributed by atoms with Crippen molar-refractivity contribution in [2.24, 2.45) is 0 Å². The van der Waals surface area contributed by atoms with E-state index in [-0.39, 0.29) is 5.60 Å². The predicted molar refractivity (Wildman–Crippen MR) is 64.3 cm³/mol. The van der Waals surface area contributed by atoms with Crippen molar-refractivity contribution < 1.29 is 4.74 Å². The number of aromatic nitrogens is 2. The molecule has 1 heterocycles. The van der Waals surface area contributed by atoms with Crippen molar-refractivity contribution in [2.45, 2.75) is 26.4 Å². The molecule has 0 atom stereocenters. The Balaban J connectivity index is 2.50. The summed E-state index contributed by atoms with van der Waals surface area (Å²) >= 11 is 0. The van der Waals surface area contributed by atoms with Gasteiger partial charge in [0.05, 0.1) is 11.0 Å². The summed E-state index contributed by atoms with van der Waals surface area (Å²) in [5, 5.41) is 0. The van der Waals surface area contributed by atoms with Crippen LogP contribution < -0.4 is 10.5 Å². The van der Waals surface area contributed by atoms with E-state index in [0.29, 0.717) is 11.7 Å². The zero-order valence-electron chi connectivity index (χ0n) is 9.69. The normalized spacial score (nSPS) is 11.7. The fraction of sp³-hybridized carbons (Fsp3) is 0.333. The average molecular weight is 217 g/mol. The molecule has 4 heteroatoms. The summed E-state index contributed by atoms with van der Waals surface area (Å²) in [5.41, 5.74) is 7.03. The van der Waals surface area contributed by atoms with Crippen LogP contribution in [0, 0.1) is 0 Å². The van der Waals surface area contributed by atoms with Crippen LogP contribution in [-0.2, 0) is 0 Å². The van der Waals surface area contributed by atoms with Crippen LogP contribution in [0.15, 0.2) is 24.3 Å². The Bertz CT molecular complexity index is 517. The van der Waals surface area contributed by atoms with Crippen LogP contribution in [-0.4, -0.2) is 15.6 Å². The smallest absolute Gasteiger partial charge is 0.258 e. The number of benzene rings is 1. The Kier molecular flexibility index (Phi) is 2.42. The number of fused-ring (bicyclic) bond motifs is 1. The van der Waals surface area contributed by atoms with Crippen LogP contribution in [0.4, 0.5) is 5.82 Å². The molecule has 0 unspecified atom stereocenters. The fourth-order valence-electron chi connectivity index (χ4n) is 1.36. The summed E-state index contributed by atoms with van der Waals surface area (Å²) < 4.78 is 5.64. The van der Waals surface area contributed by atoms with Gasteiger partial charge in [0, 0.05) is 0 Å². The Morgan fingerprint density at radius 2 is 1.62 bits per heavy atom. The van der Waals surface area contributed by atoms with Gasteiger partial charge in [0.25, 0.3) is 5.88 Å². The first-order chi connectivity index (χ1) is 7.46. The summed E-state index contributed by atoms with van der Waals surface area (Å²) in [6, 6.07) is 7.58. The van der Waals surface area contributed by atoms with Gasteiger partial charge in [0.2, 0.25) is 0 Å². The van der Waals surface area contributed by atoms with Crippen molar-refractivity contribution in [1.29, 1.82) is 0 Å². The zero-order chi connectivity index (χ0) is 11.8. The van der Waals surface area contributed by atoms with Gasteiger partial charge in [-0.3, -0.25) is 0 Å². The molecule has 0 fully saturated rings. The highest BCUT2D eigenvalue weighted by Gasteiger charge is 2.16. The van der Waals surface area contributed by atoms with E-state index in [1.165, 1.54) is 0 Å². The Hall–Kier alpha value is -1.84. The van der Waals surface area contributed by atoms with Gasteiger partial charge in [0.1, 0.15) is 5.60 Å². The number of anilines is 1. The zero-order valence-corrected chi connectivity index (χ0v) is 9.69. The first kappa shape index (κ1) is 10.7. The molecule has 2 N–H and O–H groups in total. The molecular weight excluding hydrogens is 202 g/mol. The topological polar surface area (TPSA) is 61.0 Å². The van der Waals surface area contributed by atoms with Crippen molar-refractivity contribution in [3.63, 3.8) is 0 Å². The minimum atomic E-state index is -0.328. The fourth-order valence-corrected chi connectivity index (χ4v) is 1.36. The van der Waals surface area contributed by atoms with Crippen LogP contribution >= 0.6 is 0 Å². The molecule has 0 saturated carbocycles. The van der Waals surface area contributed by atoms with Crippen molar-refractivity contribution in [2.75, 3.05) is 5.73 Å². The molecule has 1 aromatic heterocycles. The molecule has 84 valence electrons. The molecule has 0 aliphatic rings. The average Bonchev–Trinajstić information content (AvgIpc) is 2.17. The Labute approximate surface area is 94.5 Å². The van der Waals surface area contributed by atoms with E-state index >= 15 is 0 Å². The standard InChI is InChI=1S/C12H15N3O/c1-12(2,3)16-11-10(13)14-8-6-4-5-7-9(8)15-11/h4-7H,1-3H3,(H2,13,14). The molecule has 4 nitrogen and oxygen atoms in total. The van der Waals surface area contributed by atoms with Crippen molar-refractivity contribution in [3.05, 3.63) is 24.3 Å². The van der Waals surface area contributed by atoms with E-state index in [4.69, 9.17) is 10.5 Å². The van der Waals surface area contributed by atoms with E-state index in [0.717, 1.165) is 11.0 Å². The molecule has 16 heavy (non-hydrogen) atoms. The Morgan fingerprint density at radius 3 is 2.19 bits per heavy atom. The molecule has 0 radical (unpaired) electrons. The van der Waals surface area contributed by atoms with Gasteiger partial charge in [-0.1, -0.05) is 12.1 Å². The summed E-state index contributed by atoms with van der Waals surface area (Å²) in [7, 11) is 0. The van der Waals surface area contributed by atoms with Gasteiger partial charge in [-0.15, -0.1) is 0 Å². The summed E-state index contributed by atoms with van der Waals surface area (Å²) in [5.74, 6) is 0.722. The minimum absolute atomic E-state index is 0.327. The quantitative estimate of drug-likeness (QED) is 0.796. The highest BCUT2D eigenvalue weighted by molar-refractivity contribution is 5.76. The second-order valence-electron chi connectivity index (χ2n) is 4.62. The minimum Gasteiger partial charge on any atom is -0.469 e. The van der Waals surface area contributed by atoms with Gasteiger partial charge < -0.3 is 10.5 Å². The monoisotopic (exact) mass is 217 g/mol. The highest BCUT2D eigenvalue weighted by Crippen LogP contribution is 2.23. The van der Waals surface area contributed by atoms with Crippen LogP contribution in [0.25, 0.3) is 11.0 Å². The summed E-state index contributed by atoms with van der Waals surface area (Å²) in [4.78, 5) is 8.60. The number of ether oxygens (including phenoxy) is 1. The maximum atomic E-state index is 5.80. The molecule has 2 aromatic rings. The number of para-hydroxylation sites is 2. The Morgan fingerprint density at radius 1 is 1.06 bits per heavy atom. The third-order valence-electron chi connectivity index (χ3n) is 1.97. The van der Waals surface area contributed by atoms with Crippen LogP contribution in [0.5, 0.6) is 5.88 Å². The lowest BCUT2D eigenvalue weighted by Gasteiger charge is -2.21. The van der Waals surface area contributed by atoms with Crippen molar-refractivity contribution >= 4 is 16.9 Å². The SMILES string of the molecule is CC(C)(C)Oc1nc2ccccc2nc1N. The van der Waals surface area contributed by atoms with Gasteiger partial charge in [-0.2, -0.15) is 0 Å². The molecule has 0 saturated heterocycles. The number of hydrogen-bond acceptors (Lipinski definition) is 4. The maximum Gasteiger partial charge on any atom is 0.258 e. The van der Waals surface area contributed by atoms with Gasteiger partial charge in [-0.05, 0) is 32.9 Å². The van der Waals surface area contributed by atoms with Crippen LogP contribution in [0.2, 0.25) is 0 Å². The molecular formula is C12H15N3O. The summed E-state index contributed by atoms with van der Waals surface area (Å²) in [6.07, 6.45) is 0. The molecule has 0 aliphatic carbocycles. The predicted octanol–water partition coefficient (Wildman–Crippen LogP) is 2.39. The second kappa shape index (κ2) is 3.63. The number of nitrogen functional groups attached to an aromatic ring is 1. The maximum absolute atomic E-state index is 5.80. The lowest BCUT2D eigenvalue weighted by atomic mass is 10.2. The van der Waals surface area contributed by atoms with Crippen LogP contribution in [0.1, 0.15) is 20.8 Å². The molecule has 0 aliphatic heterocycles. The number of nitrogens with zero attached hydrogens (tertiary/aromatic N) is 2. The van der Waals surface area contributed by atoms with E-state index in [1.54, 1.807) is 0 Å². The van der Waals surface area contributed by atoms with Gasteiger partial charge in [0.15, 0.2) is 5.82 Å². The summed E-state index contributed by atoms with van der Waals surface area (Å²) in [6.45, 7) is 5.84. The number of nitrogens with two attached hydrogens (primary N) is 1. The van der Waals surface area contributed by atoms with Gasteiger partial charge in [-0.25, -0.2) is 9.97 Å². The van der Waals surface area contributed by atoms with Crippen LogP contribution in [0.3, 0.4) is 0 Å². The molecule has 0 bridgehead atoms. The van der Waals surface area contributed by atoms with E-state index < -0.39 is 0 Å². The van der Waals surface area contributed by atoms with Gasteiger partial charge >= 0.3 is 0 Å². The van der Waals surface area contributed by atoms with E-state index in [1.807, 2.05) is 45.0 Å². The first-order valence-electron chi connectivity index (χ1n) is 5.17. The second-order valence-corrected chi connectivity index (χ2v) is 4.62. The number of hydrogen-bond donors (Lipinski definition) is 1. The lowest BCUT2D eigenvalue weighted by molar-refractivity contribution is 0.125. The molecule has 1 aromatic carbocycles. The molecule has 0 amide bonds. The molecule has 0 spiro atoms. The third kappa shape index (κ3) is 2.21. The van der Waals surface area contributed by atoms with E-state index in [9.17, 15) is 0 Å². The van der Waals surface area contributed by atoms with Crippen molar-refractivity contribution in [1.82, 2.24) is 9.97 Å². The molecule has 2 rings (SSSR count). The lowest BCUT2D eigenvalue weighted by Crippen LogP contribution is -2.24. The number of rotatable bonds is 1. The largest absolute Gasteiger partial charge is 0.469 e. The van der Waals surface area contributed by atoms with E-state index in [2.05, 4.69) is 9.97 Å². The van der Waals surface area contributed by atoms with Crippen molar-refractivity contribution in [3.8, 4) is 5.88 Å². The third-order valence-corrected chi connectivity index (χ3v) is 1.97. The highest BCUT2D eigenvalue weighted by atomic mass is 16.5. The first-order valence-corrected chi connectivity index (χ1v) is 5.17.